The van der Waals surface area contributed by atoms with Gasteiger partial charge in [-0.15, -0.1) is 0 Å². The van der Waals surface area contributed by atoms with Crippen LogP contribution >= 0.6 is 15.2 Å². The summed E-state index contributed by atoms with van der Waals surface area (Å²) in [5.41, 5.74) is 0. The Kier molecular flexibility index (Phi) is 6.39. The van der Waals surface area contributed by atoms with E-state index in [1.54, 1.807) is 0 Å². The molecule has 0 rings (SSSR count). The maximum absolute atomic E-state index is 10.2. The molecule has 8 nitrogen and oxygen atoms in total. The van der Waals surface area contributed by atoms with Crippen molar-refractivity contribution >= 4 is 15.2 Å². The molecular weight excluding hydrogens is 313 g/mol. The quantitative estimate of drug-likeness (QED) is 0.325. The summed E-state index contributed by atoms with van der Waals surface area (Å²) in [5.74, 6) is -5.53. The summed E-state index contributed by atoms with van der Waals surface area (Å²) in [6, 6.07) is 0. The number of aliphatic hydroxyl groups is 2. The Hall–Kier alpha value is 0.869. The van der Waals surface area contributed by atoms with Crippen LogP contribution in [0.25, 0.3) is 0 Å². The largest absolute Gasteiger partial charge is 0.378 e. The van der Waals surface area contributed by atoms with E-state index in [9.17, 15) is 9.13 Å². The topological polar surface area (TPSA) is 156 Å². The van der Waals surface area contributed by atoms with Gasteiger partial charge in [-0.25, -0.2) is 0 Å². The van der Waals surface area contributed by atoms with E-state index in [1.165, 1.54) is 0 Å². The first-order valence-corrected chi connectivity index (χ1v) is 5.89. The molecule has 11 heteroatoms. The average molecular weight is 321 g/mol. The summed E-state index contributed by atoms with van der Waals surface area (Å²) in [6.45, 7) is 0. The van der Waals surface area contributed by atoms with Gasteiger partial charge in [-0.3, -0.25) is 9.13 Å². The molecule has 0 saturated heterocycles. The van der Waals surface area contributed by atoms with Gasteiger partial charge in [0, 0.05) is 20.1 Å². The third-order valence-corrected chi connectivity index (χ3v) is 3.13. The molecule has 0 amide bonds. The molecule has 13 heavy (non-hydrogen) atoms. The molecule has 1 radical (unpaired) electrons. The Morgan fingerprint density at radius 3 is 1.00 bits per heavy atom. The second kappa shape index (κ2) is 5.09. The standard InChI is InChI=1S/C2H8O8P2.Tc/c3-1(11(5,6)7)2(4)12(8,9)10;/h1-4H,(H2,5,6,7)(H2,8,9,10);/i;1+1. The molecule has 81 valence electrons. The minimum Gasteiger partial charge on any atom is -0.378 e. The molecule has 0 bridgehead atoms. The van der Waals surface area contributed by atoms with Crippen LogP contribution in [0.15, 0.2) is 0 Å². The first-order valence-electron chi connectivity index (χ1n) is 2.53. The van der Waals surface area contributed by atoms with Gasteiger partial charge in [0.2, 0.25) is 0 Å². The summed E-state index contributed by atoms with van der Waals surface area (Å²) in [5, 5.41) is 17.0. The fourth-order valence-electron chi connectivity index (χ4n) is 0.347. The molecule has 0 aliphatic heterocycles. The first kappa shape index (κ1) is 16.3. The Morgan fingerprint density at radius 1 is 0.769 bits per heavy atom. The van der Waals surface area contributed by atoms with E-state index in [2.05, 4.69) is 0 Å². The zero-order valence-electron chi connectivity index (χ0n) is 5.93. The van der Waals surface area contributed by atoms with Crippen molar-refractivity contribution in [3.63, 3.8) is 0 Å². The fraction of sp³-hybridized carbons (Fsp3) is 1.00. The molecule has 0 heterocycles. The Morgan fingerprint density at radius 2 is 0.923 bits per heavy atom. The van der Waals surface area contributed by atoms with Gasteiger partial charge in [-0.2, -0.15) is 0 Å². The summed E-state index contributed by atoms with van der Waals surface area (Å²) in [4.78, 5) is 32.7. The molecule has 0 aromatic rings. The van der Waals surface area contributed by atoms with Crippen LogP contribution < -0.4 is 0 Å². The minimum absolute atomic E-state index is 0. The third kappa shape index (κ3) is 5.34. The molecule has 0 fully saturated rings. The Bertz CT molecular complexity index is 215. The third-order valence-electron chi connectivity index (χ3n) is 0.956. The van der Waals surface area contributed by atoms with Gasteiger partial charge >= 0.3 is 15.2 Å². The number of hydrogen-bond acceptors (Lipinski definition) is 4. The maximum Gasteiger partial charge on any atom is 0.357 e. The smallest absolute Gasteiger partial charge is 0.357 e. The molecule has 0 aliphatic rings. The van der Waals surface area contributed by atoms with Crippen molar-refractivity contribution in [3.8, 4) is 0 Å². The van der Waals surface area contributed by atoms with Crippen molar-refractivity contribution in [1.82, 2.24) is 0 Å². The van der Waals surface area contributed by atoms with Gasteiger partial charge < -0.3 is 29.8 Å². The summed E-state index contributed by atoms with van der Waals surface area (Å²) >= 11 is 0. The van der Waals surface area contributed by atoms with Crippen molar-refractivity contribution in [2.45, 2.75) is 11.7 Å². The van der Waals surface area contributed by atoms with Crippen LogP contribution in [0.1, 0.15) is 0 Å². The van der Waals surface area contributed by atoms with E-state index in [4.69, 9.17) is 29.8 Å². The minimum atomic E-state index is -5.10. The summed E-state index contributed by atoms with van der Waals surface area (Å²) in [6.07, 6.45) is 0. The van der Waals surface area contributed by atoms with E-state index in [0.29, 0.717) is 0 Å². The molecule has 2 unspecified atom stereocenters. The Labute approximate surface area is 86.3 Å². The maximum atomic E-state index is 10.2. The summed E-state index contributed by atoms with van der Waals surface area (Å²) < 4.78 is 20.3. The first-order chi connectivity index (χ1) is 5.07. The van der Waals surface area contributed by atoms with Crippen LogP contribution in [-0.2, 0) is 29.2 Å². The van der Waals surface area contributed by atoms with Crippen molar-refractivity contribution in [1.29, 1.82) is 0 Å². The molecule has 6 N–H and O–H groups in total. The normalized spacial score (nSPS) is 17.4. The number of rotatable bonds is 3. The van der Waals surface area contributed by atoms with Crippen molar-refractivity contribution in [2.24, 2.45) is 0 Å². The van der Waals surface area contributed by atoms with E-state index in [0.717, 1.165) is 0 Å². The van der Waals surface area contributed by atoms with Crippen molar-refractivity contribution in [2.75, 3.05) is 0 Å². The summed E-state index contributed by atoms with van der Waals surface area (Å²) in [7, 11) is -10.2. The number of aliphatic hydroxyl groups excluding tert-OH is 2. The van der Waals surface area contributed by atoms with E-state index >= 15 is 0 Å². The van der Waals surface area contributed by atoms with E-state index < -0.39 is 26.9 Å². The zero-order chi connectivity index (χ0) is 10.2. The van der Waals surface area contributed by atoms with Crippen molar-refractivity contribution < 1.29 is 59.0 Å². The van der Waals surface area contributed by atoms with Gasteiger partial charge in [-0.1, -0.05) is 0 Å². The molecule has 2 atom stereocenters. The molecule has 0 aromatic carbocycles. The second-order valence-corrected chi connectivity index (χ2v) is 5.42. The molecule has 0 aliphatic carbocycles. The predicted molar refractivity (Wildman–Crippen MR) is 36.1 cm³/mol. The van der Waals surface area contributed by atoms with Crippen LogP contribution in [0.3, 0.4) is 0 Å². The molecule has 0 saturated carbocycles. The van der Waals surface area contributed by atoms with Gasteiger partial charge in [0.25, 0.3) is 0 Å². The SMILES string of the molecule is O=P(O)(O)C(O)C(O)P(=O)(O)O.[99Tc]. The van der Waals surface area contributed by atoms with Crippen LogP contribution in [0, 0.1) is 0 Å². The number of hydrogen-bond donors (Lipinski definition) is 6. The second-order valence-electron chi connectivity index (χ2n) is 2.01. The predicted octanol–water partition coefficient (Wildman–Crippen LogP) is -2.02. The van der Waals surface area contributed by atoms with Crippen LogP contribution in [0.2, 0.25) is 0 Å². The zero-order valence-corrected chi connectivity index (χ0v) is 9.57. The molecular formula is C2H8O8P2Tc. The molecule has 0 spiro atoms. The fourth-order valence-corrected chi connectivity index (χ4v) is 2.08. The Balaban J connectivity index is 0. The van der Waals surface area contributed by atoms with E-state index in [1.807, 2.05) is 0 Å². The van der Waals surface area contributed by atoms with Crippen LogP contribution in [0.5, 0.6) is 0 Å². The van der Waals surface area contributed by atoms with Gasteiger partial charge in [0.15, 0.2) is 11.7 Å². The monoisotopic (exact) mass is 321 g/mol. The molecule has 0 aromatic heterocycles. The van der Waals surface area contributed by atoms with E-state index in [-0.39, 0.29) is 20.1 Å². The van der Waals surface area contributed by atoms with Gasteiger partial charge in [0.05, 0.1) is 0 Å². The average Bonchev–Trinajstić information content (AvgIpc) is 1.80. The van der Waals surface area contributed by atoms with Crippen molar-refractivity contribution in [3.05, 3.63) is 0 Å². The van der Waals surface area contributed by atoms with Crippen LogP contribution in [0.4, 0.5) is 0 Å². The van der Waals surface area contributed by atoms with Crippen LogP contribution in [-0.4, -0.2) is 41.5 Å². The van der Waals surface area contributed by atoms with Gasteiger partial charge in [-0.05, 0) is 0 Å². The van der Waals surface area contributed by atoms with Gasteiger partial charge in [0.1, 0.15) is 0 Å².